The molecule has 24 heavy (non-hydrogen) atoms. The summed E-state index contributed by atoms with van der Waals surface area (Å²) in [5, 5.41) is 6.47. The minimum atomic E-state index is -0.404. The highest BCUT2D eigenvalue weighted by atomic mass is 16.5. The number of rotatable bonds is 7. The first-order chi connectivity index (χ1) is 11.6. The molecule has 2 aromatic carbocycles. The van der Waals surface area contributed by atoms with Crippen molar-refractivity contribution in [2.75, 3.05) is 13.2 Å². The van der Waals surface area contributed by atoms with Crippen LogP contribution in [-0.4, -0.2) is 30.7 Å². The van der Waals surface area contributed by atoms with Crippen LogP contribution >= 0.6 is 0 Å². The molecule has 0 bridgehead atoms. The molecule has 6 heteroatoms. The van der Waals surface area contributed by atoms with E-state index in [-0.39, 0.29) is 19.1 Å². The van der Waals surface area contributed by atoms with Crippen molar-refractivity contribution in [3.05, 3.63) is 66.2 Å². The molecule has 0 aliphatic heterocycles. The van der Waals surface area contributed by atoms with Gasteiger partial charge in [-0.25, -0.2) is 5.43 Å². The molecular weight excluding hydrogens is 306 g/mol. The van der Waals surface area contributed by atoms with E-state index in [1.54, 1.807) is 19.1 Å². The van der Waals surface area contributed by atoms with E-state index in [0.29, 0.717) is 11.5 Å². The molecule has 0 unspecified atom stereocenters. The number of hydrogen-bond acceptors (Lipinski definition) is 4. The minimum Gasteiger partial charge on any atom is -0.484 e. The zero-order chi connectivity index (χ0) is 17.2. The van der Waals surface area contributed by atoms with Gasteiger partial charge < -0.3 is 10.1 Å². The predicted molar refractivity (Wildman–Crippen MR) is 91.7 cm³/mol. The molecule has 6 nitrogen and oxygen atoms in total. The molecule has 0 atom stereocenters. The van der Waals surface area contributed by atoms with Crippen molar-refractivity contribution in [1.82, 2.24) is 10.7 Å². The van der Waals surface area contributed by atoms with E-state index < -0.39 is 5.91 Å². The summed E-state index contributed by atoms with van der Waals surface area (Å²) in [7, 11) is 0. The second-order valence-corrected chi connectivity index (χ2v) is 4.98. The fraction of sp³-hybridized carbons (Fsp3) is 0.167. The first-order valence-corrected chi connectivity index (χ1v) is 7.48. The zero-order valence-electron chi connectivity index (χ0n) is 13.4. The highest BCUT2D eigenvalue weighted by Gasteiger charge is 2.06. The number of carbonyl (C=O) groups excluding carboxylic acids is 2. The van der Waals surface area contributed by atoms with Gasteiger partial charge >= 0.3 is 0 Å². The van der Waals surface area contributed by atoms with Gasteiger partial charge in [0.15, 0.2) is 6.61 Å². The van der Waals surface area contributed by atoms with Crippen molar-refractivity contribution in [3.63, 3.8) is 0 Å². The molecule has 0 aromatic heterocycles. The van der Waals surface area contributed by atoms with E-state index >= 15 is 0 Å². The summed E-state index contributed by atoms with van der Waals surface area (Å²) in [6.45, 7) is 1.48. The van der Waals surface area contributed by atoms with E-state index in [1.807, 2.05) is 48.5 Å². The van der Waals surface area contributed by atoms with Crippen LogP contribution in [0.2, 0.25) is 0 Å². The average Bonchev–Trinajstić information content (AvgIpc) is 2.64. The van der Waals surface area contributed by atoms with Gasteiger partial charge in [0.1, 0.15) is 5.75 Å². The number of carbonyl (C=O) groups is 2. The van der Waals surface area contributed by atoms with Crippen LogP contribution in [0.1, 0.15) is 12.5 Å². The quantitative estimate of drug-likeness (QED) is 0.601. The monoisotopic (exact) mass is 325 g/mol. The largest absolute Gasteiger partial charge is 0.484 e. The molecular formula is C18H19N3O3. The van der Waals surface area contributed by atoms with Gasteiger partial charge in [0.2, 0.25) is 0 Å². The molecule has 0 saturated carbocycles. The van der Waals surface area contributed by atoms with Gasteiger partial charge in [-0.3, -0.25) is 9.59 Å². The van der Waals surface area contributed by atoms with Crippen LogP contribution in [-0.2, 0) is 9.59 Å². The van der Waals surface area contributed by atoms with Gasteiger partial charge in [0.05, 0.1) is 12.3 Å². The maximum Gasteiger partial charge on any atom is 0.259 e. The van der Waals surface area contributed by atoms with Crippen molar-refractivity contribution in [1.29, 1.82) is 0 Å². The van der Waals surface area contributed by atoms with Gasteiger partial charge in [0, 0.05) is 0 Å². The number of para-hydroxylation sites is 1. The third-order valence-corrected chi connectivity index (χ3v) is 3.10. The van der Waals surface area contributed by atoms with E-state index in [0.717, 1.165) is 5.56 Å². The fourth-order valence-corrected chi connectivity index (χ4v) is 1.83. The summed E-state index contributed by atoms with van der Waals surface area (Å²) in [6.07, 6.45) is 0. The summed E-state index contributed by atoms with van der Waals surface area (Å²) in [5.74, 6) is -0.184. The van der Waals surface area contributed by atoms with E-state index in [2.05, 4.69) is 15.8 Å². The topological polar surface area (TPSA) is 79.8 Å². The number of benzene rings is 2. The molecule has 124 valence electrons. The second kappa shape index (κ2) is 9.09. The highest BCUT2D eigenvalue weighted by molar-refractivity contribution is 5.99. The van der Waals surface area contributed by atoms with E-state index in [9.17, 15) is 9.59 Å². The summed E-state index contributed by atoms with van der Waals surface area (Å²) in [6, 6.07) is 18.5. The second-order valence-electron chi connectivity index (χ2n) is 4.98. The number of amides is 2. The molecule has 0 aliphatic rings. The molecule has 0 spiro atoms. The smallest absolute Gasteiger partial charge is 0.259 e. The molecule has 2 amide bonds. The number of nitrogens with zero attached hydrogens (tertiary/aromatic N) is 1. The Kier molecular flexibility index (Phi) is 6.52. The van der Waals surface area contributed by atoms with Crippen molar-refractivity contribution in [2.24, 2.45) is 5.10 Å². The summed E-state index contributed by atoms with van der Waals surface area (Å²) >= 11 is 0. The summed E-state index contributed by atoms with van der Waals surface area (Å²) in [5.41, 5.74) is 4.00. The lowest BCUT2D eigenvalue weighted by atomic mass is 10.1. The Balaban J connectivity index is 1.70. The zero-order valence-corrected chi connectivity index (χ0v) is 13.4. The molecule has 0 heterocycles. The Morgan fingerprint density at radius 2 is 1.58 bits per heavy atom. The summed E-state index contributed by atoms with van der Waals surface area (Å²) < 4.78 is 5.28. The van der Waals surface area contributed by atoms with Crippen LogP contribution < -0.4 is 15.5 Å². The number of nitrogens with one attached hydrogen (secondary N) is 2. The van der Waals surface area contributed by atoms with Crippen LogP contribution in [0.15, 0.2) is 65.8 Å². The van der Waals surface area contributed by atoms with Crippen LogP contribution in [0.25, 0.3) is 0 Å². The predicted octanol–water partition coefficient (Wildman–Crippen LogP) is 1.72. The SMILES string of the molecule is C/C(=N\NC(=O)CNC(=O)COc1ccccc1)c1ccccc1. The van der Waals surface area contributed by atoms with Crippen molar-refractivity contribution >= 4 is 17.5 Å². The molecule has 2 rings (SSSR count). The van der Waals surface area contributed by atoms with Crippen molar-refractivity contribution in [3.8, 4) is 5.75 Å². The van der Waals surface area contributed by atoms with Crippen molar-refractivity contribution < 1.29 is 14.3 Å². The molecule has 0 aliphatic carbocycles. The molecule has 0 fully saturated rings. The van der Waals surface area contributed by atoms with Gasteiger partial charge in [-0.2, -0.15) is 5.10 Å². The van der Waals surface area contributed by atoms with Crippen LogP contribution in [0.5, 0.6) is 5.75 Å². The Labute approximate surface area is 140 Å². The van der Waals surface area contributed by atoms with Crippen molar-refractivity contribution in [2.45, 2.75) is 6.92 Å². The van der Waals surface area contributed by atoms with Crippen LogP contribution in [0.3, 0.4) is 0 Å². The lowest BCUT2D eigenvalue weighted by Gasteiger charge is -2.07. The average molecular weight is 325 g/mol. The lowest BCUT2D eigenvalue weighted by Crippen LogP contribution is -2.37. The first-order valence-electron chi connectivity index (χ1n) is 7.48. The van der Waals surface area contributed by atoms with Gasteiger partial charge in [-0.05, 0) is 24.6 Å². The van der Waals surface area contributed by atoms with Gasteiger partial charge in [0.25, 0.3) is 11.8 Å². The molecule has 0 radical (unpaired) electrons. The number of hydrogen-bond donors (Lipinski definition) is 2. The maximum atomic E-state index is 11.7. The van der Waals surface area contributed by atoms with Gasteiger partial charge in [-0.1, -0.05) is 48.5 Å². The molecule has 2 N–H and O–H groups in total. The third kappa shape index (κ3) is 5.92. The molecule has 2 aromatic rings. The molecule has 0 saturated heterocycles. The fourth-order valence-electron chi connectivity index (χ4n) is 1.83. The van der Waals surface area contributed by atoms with Crippen LogP contribution in [0, 0.1) is 0 Å². The van der Waals surface area contributed by atoms with E-state index in [1.165, 1.54) is 0 Å². The Hall–Kier alpha value is -3.15. The normalized spacial score (nSPS) is 10.8. The lowest BCUT2D eigenvalue weighted by molar-refractivity contribution is -0.127. The highest BCUT2D eigenvalue weighted by Crippen LogP contribution is 2.07. The third-order valence-electron chi connectivity index (χ3n) is 3.10. The standard InChI is InChI=1S/C18H19N3O3/c1-14(15-8-4-2-5-9-15)20-21-17(22)12-19-18(23)13-24-16-10-6-3-7-11-16/h2-11H,12-13H2,1H3,(H,19,23)(H,21,22)/b20-14+. The Morgan fingerprint density at radius 3 is 2.25 bits per heavy atom. The van der Waals surface area contributed by atoms with Crippen LogP contribution in [0.4, 0.5) is 0 Å². The van der Waals surface area contributed by atoms with E-state index in [4.69, 9.17) is 4.74 Å². The number of ether oxygens (including phenoxy) is 1. The number of hydrazone groups is 1. The Morgan fingerprint density at radius 1 is 0.958 bits per heavy atom. The first kappa shape index (κ1) is 17.2. The maximum absolute atomic E-state index is 11.7. The Bertz CT molecular complexity index is 700. The minimum absolute atomic E-state index is 0.149. The van der Waals surface area contributed by atoms with Gasteiger partial charge in [-0.15, -0.1) is 0 Å². The summed E-state index contributed by atoms with van der Waals surface area (Å²) in [4.78, 5) is 23.3.